The van der Waals surface area contributed by atoms with Crippen LogP contribution in [0, 0.1) is 0 Å². The fraction of sp³-hybridized carbons (Fsp3) is 0.682. The quantitative estimate of drug-likeness (QED) is 0.0929. The highest BCUT2D eigenvalue weighted by Gasteiger charge is 2.06. The van der Waals surface area contributed by atoms with E-state index in [1.54, 1.807) is 0 Å². The third-order valence-corrected chi connectivity index (χ3v) is 6.13. The Kier molecular flexibility index (Phi) is 18.1. The Hall–Kier alpha value is -1.98. The van der Waals surface area contributed by atoms with Gasteiger partial charge >= 0.3 is 0 Å². The van der Waals surface area contributed by atoms with Crippen LogP contribution in [0.1, 0.15) is 5.56 Å². The second-order valence-corrected chi connectivity index (χ2v) is 10.4. The topological polar surface area (TPSA) is 124 Å². The minimum atomic E-state index is -0.854. The van der Waals surface area contributed by atoms with E-state index in [-0.39, 0.29) is 5.91 Å². The van der Waals surface area contributed by atoms with Gasteiger partial charge in [0.2, 0.25) is 5.91 Å². The van der Waals surface area contributed by atoms with Gasteiger partial charge in [-0.05, 0) is 11.1 Å². The Labute approximate surface area is 198 Å². The second-order valence-electron chi connectivity index (χ2n) is 7.44. The molecule has 0 aliphatic carbocycles. The van der Waals surface area contributed by atoms with Crippen LogP contribution in [0.2, 0.25) is 13.1 Å². The molecule has 1 rings (SSSR count). The van der Waals surface area contributed by atoms with E-state index in [1.807, 2.05) is 12.1 Å². The molecule has 1 amide bonds. The number of carbonyl (C=O) groups excluding carboxylic acids is 1. The van der Waals surface area contributed by atoms with E-state index >= 15 is 0 Å². The van der Waals surface area contributed by atoms with E-state index < -0.39 is 8.80 Å². The van der Waals surface area contributed by atoms with E-state index in [1.165, 1.54) is 5.19 Å². The summed E-state index contributed by atoms with van der Waals surface area (Å²) < 4.78 is 26.9. The maximum absolute atomic E-state index is 12.1. The lowest BCUT2D eigenvalue weighted by Crippen LogP contribution is -2.30. The Morgan fingerprint density at radius 3 is 2.00 bits per heavy atom. The molecule has 0 radical (unpaired) electrons. The van der Waals surface area contributed by atoms with Crippen LogP contribution in [0.25, 0.3) is 10.4 Å². The van der Waals surface area contributed by atoms with Gasteiger partial charge in [-0.3, -0.25) is 4.79 Å². The lowest BCUT2D eigenvalue weighted by molar-refractivity contribution is -0.120. The average Bonchev–Trinajstić information content (AvgIpc) is 2.80. The minimum absolute atomic E-state index is 0.0106. The molecule has 186 valence electrons. The van der Waals surface area contributed by atoms with E-state index in [9.17, 15) is 4.79 Å². The molecule has 11 heteroatoms. The molecule has 10 nitrogen and oxygen atoms in total. The zero-order chi connectivity index (χ0) is 24.0. The van der Waals surface area contributed by atoms with Gasteiger partial charge in [0.15, 0.2) is 0 Å². The summed E-state index contributed by atoms with van der Waals surface area (Å²) in [5.74, 6) is 0.0106. The minimum Gasteiger partial charge on any atom is -0.379 e. The maximum atomic E-state index is 12.1. The number of ether oxygens (including phenoxy) is 5. The number of nitrogens with one attached hydrogen (secondary N) is 1. The molecule has 0 heterocycles. The number of nitrogens with zero attached hydrogens (tertiary/aromatic N) is 3. The Morgan fingerprint density at radius 2 is 1.45 bits per heavy atom. The Morgan fingerprint density at radius 1 is 0.909 bits per heavy atom. The van der Waals surface area contributed by atoms with Crippen LogP contribution in [-0.4, -0.2) is 93.9 Å². The number of hydrogen-bond donors (Lipinski definition) is 1. The standard InChI is InChI=1S/C22H38N4O6Si/c1-33(2)21-5-3-4-20(18-21)19-22(27)24-6-8-28-10-12-30-14-16-32-17-15-31-13-11-29-9-7-25-26-23/h3-5,18,33H,6-17,19H2,1-2H3,(H,24,27). The van der Waals surface area contributed by atoms with Crippen LogP contribution in [0.4, 0.5) is 0 Å². The van der Waals surface area contributed by atoms with Crippen LogP contribution in [-0.2, 0) is 34.9 Å². The molecular weight excluding hydrogens is 444 g/mol. The fourth-order valence-electron chi connectivity index (χ4n) is 2.70. The van der Waals surface area contributed by atoms with Crippen molar-refractivity contribution in [1.29, 1.82) is 0 Å². The molecule has 0 bridgehead atoms. The van der Waals surface area contributed by atoms with Gasteiger partial charge in [0, 0.05) is 18.0 Å². The Balaban J connectivity index is 1.83. The lowest BCUT2D eigenvalue weighted by atomic mass is 10.1. The predicted molar refractivity (Wildman–Crippen MR) is 130 cm³/mol. The molecule has 0 saturated carbocycles. The first-order valence-corrected chi connectivity index (χ1v) is 14.3. The highest BCUT2D eigenvalue weighted by molar-refractivity contribution is 6.70. The van der Waals surface area contributed by atoms with Gasteiger partial charge in [-0.2, -0.15) is 0 Å². The SMILES string of the molecule is C[SiH](C)c1cccc(CC(=O)NCCOCCOCCOCCOCCOCCN=[N+]=[N-])c1. The summed E-state index contributed by atoms with van der Waals surface area (Å²) in [7, 11) is -0.854. The van der Waals surface area contributed by atoms with Gasteiger partial charge in [-0.25, -0.2) is 0 Å². The first kappa shape index (κ1) is 29.0. The molecule has 1 N–H and O–H groups in total. The number of benzene rings is 1. The van der Waals surface area contributed by atoms with Crippen LogP contribution in [0.3, 0.4) is 0 Å². The van der Waals surface area contributed by atoms with Gasteiger partial charge in [0.05, 0.1) is 81.3 Å². The molecule has 0 aliphatic heterocycles. The highest BCUT2D eigenvalue weighted by Crippen LogP contribution is 1.99. The second kappa shape index (κ2) is 20.6. The van der Waals surface area contributed by atoms with Crippen LogP contribution in [0.15, 0.2) is 29.4 Å². The summed E-state index contributed by atoms with van der Waals surface area (Å²) in [6.07, 6.45) is 0.399. The lowest BCUT2D eigenvalue weighted by Gasteiger charge is -2.09. The molecule has 33 heavy (non-hydrogen) atoms. The van der Waals surface area contributed by atoms with Crippen LogP contribution >= 0.6 is 0 Å². The first-order chi connectivity index (χ1) is 16.1. The number of carbonyl (C=O) groups is 1. The third-order valence-electron chi connectivity index (χ3n) is 4.44. The summed E-state index contributed by atoms with van der Waals surface area (Å²) in [4.78, 5) is 14.7. The number of rotatable bonds is 21. The van der Waals surface area contributed by atoms with E-state index in [0.717, 1.165) is 5.56 Å². The zero-order valence-electron chi connectivity index (χ0n) is 19.9. The summed E-state index contributed by atoms with van der Waals surface area (Å²) in [5, 5.41) is 7.63. The van der Waals surface area contributed by atoms with Crippen molar-refractivity contribution in [3.05, 3.63) is 40.3 Å². The number of amides is 1. The predicted octanol–water partition coefficient (Wildman–Crippen LogP) is 1.43. The van der Waals surface area contributed by atoms with Gasteiger partial charge in [-0.1, -0.05) is 47.7 Å². The largest absolute Gasteiger partial charge is 0.379 e. The number of hydrogen-bond acceptors (Lipinski definition) is 7. The summed E-state index contributed by atoms with van der Waals surface area (Å²) >= 11 is 0. The van der Waals surface area contributed by atoms with Crippen molar-refractivity contribution < 1.29 is 28.5 Å². The molecule has 0 fully saturated rings. The van der Waals surface area contributed by atoms with Crippen molar-refractivity contribution in [2.75, 3.05) is 79.2 Å². The van der Waals surface area contributed by atoms with Crippen LogP contribution in [0.5, 0.6) is 0 Å². The first-order valence-electron chi connectivity index (χ1n) is 11.4. The Bertz CT molecular complexity index is 689. The fourth-order valence-corrected chi connectivity index (χ4v) is 3.75. The molecule has 0 spiro atoms. The maximum Gasteiger partial charge on any atom is 0.224 e. The summed E-state index contributed by atoms with van der Waals surface area (Å²) in [6, 6.07) is 8.32. The van der Waals surface area contributed by atoms with Crippen molar-refractivity contribution in [1.82, 2.24) is 5.32 Å². The van der Waals surface area contributed by atoms with Crippen molar-refractivity contribution in [2.24, 2.45) is 5.11 Å². The van der Waals surface area contributed by atoms with Crippen molar-refractivity contribution >= 4 is 19.9 Å². The van der Waals surface area contributed by atoms with E-state index in [4.69, 9.17) is 29.2 Å². The van der Waals surface area contributed by atoms with Crippen molar-refractivity contribution in [3.8, 4) is 0 Å². The van der Waals surface area contributed by atoms with E-state index in [0.29, 0.717) is 85.6 Å². The van der Waals surface area contributed by atoms with Crippen LogP contribution < -0.4 is 10.5 Å². The van der Waals surface area contributed by atoms with Crippen molar-refractivity contribution in [2.45, 2.75) is 19.5 Å². The average molecular weight is 483 g/mol. The number of azide groups is 1. The molecule has 0 atom stereocenters. The smallest absolute Gasteiger partial charge is 0.224 e. The van der Waals surface area contributed by atoms with Gasteiger partial charge < -0.3 is 29.0 Å². The molecule has 0 aromatic heterocycles. The normalized spacial score (nSPS) is 10.9. The molecular formula is C22H38N4O6Si. The highest BCUT2D eigenvalue weighted by atomic mass is 28.3. The van der Waals surface area contributed by atoms with E-state index in [2.05, 4.69) is 40.6 Å². The van der Waals surface area contributed by atoms with Crippen molar-refractivity contribution in [3.63, 3.8) is 0 Å². The van der Waals surface area contributed by atoms with Gasteiger partial charge in [0.1, 0.15) is 0 Å². The van der Waals surface area contributed by atoms with Gasteiger partial charge in [0.25, 0.3) is 0 Å². The molecule has 0 unspecified atom stereocenters. The third kappa shape index (κ3) is 17.2. The molecule has 0 aliphatic rings. The summed E-state index contributed by atoms with van der Waals surface area (Å²) in [5.41, 5.74) is 9.17. The monoisotopic (exact) mass is 482 g/mol. The molecule has 1 aromatic carbocycles. The zero-order valence-corrected chi connectivity index (χ0v) is 21.0. The molecule has 1 aromatic rings. The van der Waals surface area contributed by atoms with Gasteiger partial charge in [-0.15, -0.1) is 0 Å². The molecule has 0 saturated heterocycles. The summed E-state index contributed by atoms with van der Waals surface area (Å²) in [6.45, 7) is 10.1.